The van der Waals surface area contributed by atoms with Gasteiger partial charge in [0.15, 0.2) is 5.16 Å². The molecule has 1 aromatic carbocycles. The molecule has 0 aliphatic heterocycles. The molecule has 116 valence electrons. The maximum Gasteiger partial charge on any atom is 0.237 e. The first-order valence-corrected chi connectivity index (χ1v) is 8.02. The first-order valence-electron chi connectivity index (χ1n) is 6.39. The van der Waals surface area contributed by atoms with Crippen molar-refractivity contribution in [3.63, 3.8) is 0 Å². The van der Waals surface area contributed by atoms with Gasteiger partial charge >= 0.3 is 0 Å². The number of amides is 1. The molecule has 2 rings (SSSR count). The van der Waals surface area contributed by atoms with Crippen LogP contribution in [0.5, 0.6) is 0 Å². The molecule has 0 saturated heterocycles. The topological polar surface area (TPSA) is 80.9 Å². The molecule has 2 aromatic rings. The largest absolute Gasteiger partial charge is 0.384 e. The fraction of sp³-hybridized carbons (Fsp3) is 0.214. The van der Waals surface area contributed by atoms with E-state index in [0.717, 1.165) is 5.69 Å². The smallest absolute Gasteiger partial charge is 0.237 e. The van der Waals surface area contributed by atoms with Gasteiger partial charge in [-0.25, -0.2) is 9.97 Å². The van der Waals surface area contributed by atoms with E-state index in [-0.39, 0.29) is 5.91 Å². The molecule has 0 spiro atoms. The van der Waals surface area contributed by atoms with Crippen LogP contribution in [0.25, 0.3) is 0 Å². The minimum atomic E-state index is -0.420. The van der Waals surface area contributed by atoms with Crippen LogP contribution in [0.2, 0.25) is 10.0 Å². The Labute approximate surface area is 142 Å². The third-order valence-electron chi connectivity index (χ3n) is 2.69. The highest BCUT2D eigenvalue weighted by molar-refractivity contribution is 8.00. The SMILES string of the molecule is Cc1cc(N)nc(S[C@H](C)C(=O)Nc2cc(Cl)ccc2Cl)n1. The first kappa shape index (κ1) is 16.9. The zero-order valence-corrected chi connectivity index (χ0v) is 14.3. The highest BCUT2D eigenvalue weighted by Crippen LogP contribution is 2.27. The van der Waals surface area contributed by atoms with Gasteiger partial charge in [-0.2, -0.15) is 0 Å². The molecule has 0 saturated carbocycles. The van der Waals surface area contributed by atoms with Gasteiger partial charge in [-0.15, -0.1) is 0 Å². The van der Waals surface area contributed by atoms with E-state index in [9.17, 15) is 4.79 Å². The van der Waals surface area contributed by atoms with Gasteiger partial charge in [0.25, 0.3) is 0 Å². The predicted octanol–water partition coefficient (Wildman–Crippen LogP) is 3.79. The van der Waals surface area contributed by atoms with Gasteiger partial charge in [-0.3, -0.25) is 4.79 Å². The van der Waals surface area contributed by atoms with Crippen LogP contribution in [0, 0.1) is 6.92 Å². The number of aryl methyl sites for hydroxylation is 1. The molecule has 8 heteroatoms. The number of anilines is 2. The molecular formula is C14H14Cl2N4OS. The second-order valence-corrected chi connectivity index (χ2v) is 6.74. The molecular weight excluding hydrogens is 343 g/mol. The Hall–Kier alpha value is -1.50. The van der Waals surface area contributed by atoms with E-state index in [1.165, 1.54) is 11.8 Å². The van der Waals surface area contributed by atoms with Crippen molar-refractivity contribution in [1.29, 1.82) is 0 Å². The van der Waals surface area contributed by atoms with Crippen molar-refractivity contribution in [3.8, 4) is 0 Å². The normalized spacial score (nSPS) is 12.0. The van der Waals surface area contributed by atoms with Gasteiger partial charge in [0.05, 0.1) is 16.0 Å². The molecule has 0 aliphatic rings. The van der Waals surface area contributed by atoms with Crippen molar-refractivity contribution >= 4 is 52.4 Å². The average molecular weight is 357 g/mol. The lowest BCUT2D eigenvalue weighted by atomic mass is 10.3. The number of thioether (sulfide) groups is 1. The second-order valence-electron chi connectivity index (χ2n) is 4.59. The fourth-order valence-electron chi connectivity index (χ4n) is 1.66. The van der Waals surface area contributed by atoms with Gasteiger partial charge in [0, 0.05) is 16.8 Å². The summed E-state index contributed by atoms with van der Waals surface area (Å²) in [5, 5.41) is 3.69. The van der Waals surface area contributed by atoms with Crippen LogP contribution in [0.3, 0.4) is 0 Å². The van der Waals surface area contributed by atoms with Crippen molar-refractivity contribution in [2.75, 3.05) is 11.1 Å². The number of rotatable bonds is 4. The molecule has 0 unspecified atom stereocenters. The Kier molecular flexibility index (Phi) is 5.50. The van der Waals surface area contributed by atoms with E-state index in [1.54, 1.807) is 31.2 Å². The van der Waals surface area contributed by atoms with Crippen molar-refractivity contribution in [2.24, 2.45) is 0 Å². The molecule has 1 heterocycles. The third-order valence-corrected chi connectivity index (χ3v) is 4.22. The number of carbonyl (C=O) groups excluding carboxylic acids is 1. The number of nitrogens with two attached hydrogens (primary N) is 1. The predicted molar refractivity (Wildman–Crippen MR) is 91.6 cm³/mol. The van der Waals surface area contributed by atoms with Crippen LogP contribution in [0.4, 0.5) is 11.5 Å². The number of aromatic nitrogens is 2. The highest BCUT2D eigenvalue weighted by atomic mass is 35.5. The summed E-state index contributed by atoms with van der Waals surface area (Å²) in [6.07, 6.45) is 0. The number of hydrogen-bond donors (Lipinski definition) is 2. The third kappa shape index (κ3) is 4.50. The molecule has 1 aromatic heterocycles. The molecule has 22 heavy (non-hydrogen) atoms. The Morgan fingerprint density at radius 3 is 2.73 bits per heavy atom. The average Bonchev–Trinajstić information content (AvgIpc) is 2.41. The van der Waals surface area contributed by atoms with Gasteiger partial charge in [-0.1, -0.05) is 35.0 Å². The maximum atomic E-state index is 12.2. The molecule has 1 atom stereocenters. The van der Waals surface area contributed by atoms with Crippen LogP contribution in [0.1, 0.15) is 12.6 Å². The number of halogens is 2. The lowest BCUT2D eigenvalue weighted by molar-refractivity contribution is -0.115. The Morgan fingerprint density at radius 1 is 1.32 bits per heavy atom. The van der Waals surface area contributed by atoms with E-state index in [0.29, 0.717) is 26.7 Å². The number of nitrogens with one attached hydrogen (secondary N) is 1. The number of nitrogens with zero attached hydrogens (tertiary/aromatic N) is 2. The molecule has 5 nitrogen and oxygen atoms in total. The second kappa shape index (κ2) is 7.17. The fourth-order valence-corrected chi connectivity index (χ4v) is 2.83. The minimum Gasteiger partial charge on any atom is -0.384 e. The highest BCUT2D eigenvalue weighted by Gasteiger charge is 2.17. The Bertz CT molecular complexity index is 691. The summed E-state index contributed by atoms with van der Waals surface area (Å²) in [5.41, 5.74) is 6.89. The maximum absolute atomic E-state index is 12.2. The summed E-state index contributed by atoms with van der Waals surface area (Å²) >= 11 is 13.1. The molecule has 0 fully saturated rings. The number of benzene rings is 1. The van der Waals surface area contributed by atoms with Crippen LogP contribution in [-0.4, -0.2) is 21.1 Å². The van der Waals surface area contributed by atoms with Gasteiger partial charge in [-0.05, 0) is 32.0 Å². The summed E-state index contributed by atoms with van der Waals surface area (Å²) < 4.78 is 0. The molecule has 0 bridgehead atoms. The molecule has 0 radical (unpaired) electrons. The Balaban J connectivity index is 2.07. The molecule has 1 amide bonds. The zero-order valence-electron chi connectivity index (χ0n) is 11.9. The minimum absolute atomic E-state index is 0.224. The van der Waals surface area contributed by atoms with Crippen LogP contribution < -0.4 is 11.1 Å². The quantitative estimate of drug-likeness (QED) is 0.643. The van der Waals surface area contributed by atoms with Crippen molar-refractivity contribution in [3.05, 3.63) is 40.0 Å². The summed E-state index contributed by atoms with van der Waals surface area (Å²) in [4.78, 5) is 20.6. The lowest BCUT2D eigenvalue weighted by Gasteiger charge is -2.12. The van der Waals surface area contributed by atoms with Crippen LogP contribution in [-0.2, 0) is 4.79 Å². The van der Waals surface area contributed by atoms with E-state index in [1.807, 2.05) is 6.92 Å². The van der Waals surface area contributed by atoms with E-state index in [2.05, 4.69) is 15.3 Å². The zero-order chi connectivity index (χ0) is 16.3. The van der Waals surface area contributed by atoms with Crippen LogP contribution in [0.15, 0.2) is 29.4 Å². The number of hydrogen-bond acceptors (Lipinski definition) is 5. The molecule has 3 N–H and O–H groups in total. The van der Waals surface area contributed by atoms with Gasteiger partial charge < -0.3 is 11.1 Å². The van der Waals surface area contributed by atoms with Gasteiger partial charge in [0.1, 0.15) is 5.82 Å². The van der Waals surface area contributed by atoms with Crippen molar-refractivity contribution in [2.45, 2.75) is 24.3 Å². The number of nitrogen functional groups attached to an aromatic ring is 1. The standard InChI is InChI=1S/C14H14Cl2N4OS/c1-7-5-12(17)20-14(18-7)22-8(2)13(21)19-11-6-9(15)3-4-10(11)16/h3-6,8H,1-2H3,(H,19,21)(H2,17,18,20)/t8-/m1/s1. The van der Waals surface area contributed by atoms with E-state index < -0.39 is 5.25 Å². The summed E-state index contributed by atoms with van der Waals surface area (Å²) in [6, 6.07) is 6.55. The van der Waals surface area contributed by atoms with Gasteiger partial charge in [0.2, 0.25) is 5.91 Å². The lowest BCUT2D eigenvalue weighted by Crippen LogP contribution is -2.23. The molecule has 0 aliphatic carbocycles. The Morgan fingerprint density at radius 2 is 2.05 bits per heavy atom. The van der Waals surface area contributed by atoms with Crippen molar-refractivity contribution in [1.82, 2.24) is 9.97 Å². The van der Waals surface area contributed by atoms with E-state index in [4.69, 9.17) is 28.9 Å². The monoisotopic (exact) mass is 356 g/mol. The van der Waals surface area contributed by atoms with Crippen LogP contribution >= 0.6 is 35.0 Å². The summed E-state index contributed by atoms with van der Waals surface area (Å²) in [7, 11) is 0. The summed E-state index contributed by atoms with van der Waals surface area (Å²) in [5.74, 6) is 0.151. The number of carbonyl (C=O) groups is 1. The summed E-state index contributed by atoms with van der Waals surface area (Å²) in [6.45, 7) is 3.57. The van der Waals surface area contributed by atoms with Crippen molar-refractivity contribution < 1.29 is 4.79 Å². The first-order chi connectivity index (χ1) is 10.3. The van der Waals surface area contributed by atoms with E-state index >= 15 is 0 Å².